The molecule has 1 unspecified atom stereocenters. The van der Waals surface area contributed by atoms with E-state index in [4.69, 9.17) is 4.74 Å². The zero-order valence-corrected chi connectivity index (χ0v) is 8.49. The van der Waals surface area contributed by atoms with Gasteiger partial charge in [0.25, 0.3) is 0 Å². The Hall–Kier alpha value is -1.16. The van der Waals surface area contributed by atoms with Crippen molar-refractivity contribution in [2.24, 2.45) is 0 Å². The highest BCUT2D eigenvalue weighted by molar-refractivity contribution is 5.91. The smallest absolute Gasteiger partial charge is 0.179 e. The van der Waals surface area contributed by atoms with Crippen LogP contribution in [0.4, 0.5) is 0 Å². The zero-order chi connectivity index (χ0) is 10.1. The number of aromatic nitrogens is 2. The molecular weight excluding hydrogens is 180 g/mol. The molecule has 0 bridgehead atoms. The number of aryl methyl sites for hydroxylation is 1. The predicted octanol–water partition coefficient (Wildman–Crippen LogP) is 1.05. The molecule has 1 aromatic rings. The lowest BCUT2D eigenvalue weighted by Gasteiger charge is -2.21. The van der Waals surface area contributed by atoms with Crippen molar-refractivity contribution in [3.05, 3.63) is 17.7 Å². The molecule has 2 heterocycles. The molecule has 4 heteroatoms. The lowest BCUT2D eigenvalue weighted by molar-refractivity contribution is 0.0796. The maximum absolute atomic E-state index is 11.1. The van der Waals surface area contributed by atoms with Gasteiger partial charge in [-0.05, 0) is 6.42 Å². The van der Waals surface area contributed by atoms with Crippen LogP contribution in [0.3, 0.4) is 0 Å². The first-order valence-corrected chi connectivity index (χ1v) is 4.80. The number of hydrogen-bond donors (Lipinski definition) is 0. The molecule has 1 aliphatic heterocycles. The Morgan fingerprint density at radius 1 is 1.71 bits per heavy atom. The van der Waals surface area contributed by atoms with Crippen LogP contribution in [0.25, 0.3) is 0 Å². The number of Topliss-reactive ketones (excluding diaryl/α,β-unsaturated/α-hetero) is 1. The molecule has 0 radical (unpaired) electrons. The van der Waals surface area contributed by atoms with E-state index in [1.807, 2.05) is 10.8 Å². The molecule has 4 nitrogen and oxygen atoms in total. The Morgan fingerprint density at radius 3 is 3.14 bits per heavy atom. The fourth-order valence-corrected chi connectivity index (χ4v) is 1.77. The van der Waals surface area contributed by atoms with Gasteiger partial charge in [-0.25, -0.2) is 4.98 Å². The Bertz CT molecular complexity index is 357. The summed E-state index contributed by atoms with van der Waals surface area (Å²) in [6.07, 6.45) is 3.90. The Balaban J connectivity index is 2.25. The first-order chi connectivity index (χ1) is 6.70. The Labute approximate surface area is 82.9 Å². The fourth-order valence-electron chi connectivity index (χ4n) is 1.77. The standard InChI is InChI=1S/C10H14N2O2/c1-7(13)9-6-12-4-3-8(14-2)5-10(12)11-9/h6,8H,3-5H2,1-2H3. The van der Waals surface area contributed by atoms with Crippen LogP contribution in [0.5, 0.6) is 0 Å². The summed E-state index contributed by atoms with van der Waals surface area (Å²) >= 11 is 0. The van der Waals surface area contributed by atoms with Crippen LogP contribution >= 0.6 is 0 Å². The fraction of sp³-hybridized carbons (Fsp3) is 0.600. The summed E-state index contributed by atoms with van der Waals surface area (Å²) in [5, 5.41) is 0. The van der Waals surface area contributed by atoms with E-state index in [1.54, 1.807) is 14.0 Å². The van der Waals surface area contributed by atoms with Crippen LogP contribution in [-0.2, 0) is 17.7 Å². The number of imidazole rings is 1. The minimum absolute atomic E-state index is 0.0286. The van der Waals surface area contributed by atoms with Crippen LogP contribution < -0.4 is 0 Å². The number of ether oxygens (including phenoxy) is 1. The van der Waals surface area contributed by atoms with Crippen molar-refractivity contribution in [1.82, 2.24) is 9.55 Å². The van der Waals surface area contributed by atoms with E-state index in [9.17, 15) is 4.79 Å². The molecule has 1 aromatic heterocycles. The highest BCUT2D eigenvalue weighted by Gasteiger charge is 2.20. The summed E-state index contributed by atoms with van der Waals surface area (Å²) in [5.41, 5.74) is 0.566. The number of methoxy groups -OCH3 is 1. The topological polar surface area (TPSA) is 44.1 Å². The lowest BCUT2D eigenvalue weighted by Crippen LogP contribution is -2.24. The molecule has 14 heavy (non-hydrogen) atoms. The van der Waals surface area contributed by atoms with Crippen LogP contribution in [0.2, 0.25) is 0 Å². The van der Waals surface area contributed by atoms with E-state index in [-0.39, 0.29) is 11.9 Å². The van der Waals surface area contributed by atoms with Gasteiger partial charge in [0.1, 0.15) is 11.5 Å². The molecular formula is C10H14N2O2. The Kier molecular flexibility index (Phi) is 2.37. The monoisotopic (exact) mass is 194 g/mol. The average Bonchev–Trinajstić information content (AvgIpc) is 2.59. The van der Waals surface area contributed by atoms with Gasteiger partial charge in [-0.3, -0.25) is 4.79 Å². The van der Waals surface area contributed by atoms with Gasteiger partial charge in [-0.15, -0.1) is 0 Å². The van der Waals surface area contributed by atoms with Gasteiger partial charge in [0, 0.05) is 33.2 Å². The highest BCUT2D eigenvalue weighted by Crippen LogP contribution is 2.17. The third kappa shape index (κ3) is 1.57. The number of rotatable bonds is 2. The first-order valence-electron chi connectivity index (χ1n) is 4.80. The summed E-state index contributed by atoms with van der Waals surface area (Å²) in [6, 6.07) is 0. The van der Waals surface area contributed by atoms with E-state index in [0.717, 1.165) is 25.2 Å². The van der Waals surface area contributed by atoms with E-state index >= 15 is 0 Å². The summed E-state index contributed by atoms with van der Waals surface area (Å²) in [7, 11) is 1.72. The van der Waals surface area contributed by atoms with Gasteiger partial charge in [0.05, 0.1) is 6.10 Å². The van der Waals surface area contributed by atoms with Crippen molar-refractivity contribution in [3.63, 3.8) is 0 Å². The Morgan fingerprint density at radius 2 is 2.50 bits per heavy atom. The molecule has 0 fully saturated rings. The van der Waals surface area contributed by atoms with Crippen molar-refractivity contribution in [2.45, 2.75) is 32.4 Å². The molecule has 1 atom stereocenters. The van der Waals surface area contributed by atoms with Crippen molar-refractivity contribution in [1.29, 1.82) is 0 Å². The van der Waals surface area contributed by atoms with E-state index in [0.29, 0.717) is 5.69 Å². The molecule has 0 spiro atoms. The van der Waals surface area contributed by atoms with Gasteiger partial charge in [0.2, 0.25) is 0 Å². The van der Waals surface area contributed by atoms with E-state index < -0.39 is 0 Å². The number of hydrogen-bond acceptors (Lipinski definition) is 3. The van der Waals surface area contributed by atoms with Crippen LogP contribution in [0.1, 0.15) is 29.7 Å². The second-order valence-corrected chi connectivity index (χ2v) is 3.64. The predicted molar refractivity (Wildman–Crippen MR) is 51.3 cm³/mol. The summed E-state index contributed by atoms with van der Waals surface area (Å²) in [6.45, 7) is 2.44. The number of carbonyl (C=O) groups excluding carboxylic acids is 1. The molecule has 76 valence electrons. The quantitative estimate of drug-likeness (QED) is 0.661. The summed E-state index contributed by atoms with van der Waals surface area (Å²) < 4.78 is 7.33. The van der Waals surface area contributed by atoms with Crippen LogP contribution in [0.15, 0.2) is 6.20 Å². The van der Waals surface area contributed by atoms with Gasteiger partial charge in [-0.1, -0.05) is 0 Å². The van der Waals surface area contributed by atoms with Crippen molar-refractivity contribution in [2.75, 3.05) is 7.11 Å². The molecule has 0 N–H and O–H groups in total. The molecule has 0 saturated heterocycles. The minimum atomic E-state index is 0.0286. The summed E-state index contributed by atoms with van der Waals surface area (Å²) in [5.74, 6) is 0.995. The molecule has 0 amide bonds. The van der Waals surface area contributed by atoms with Gasteiger partial charge in [-0.2, -0.15) is 0 Å². The molecule has 0 saturated carbocycles. The minimum Gasteiger partial charge on any atom is -0.381 e. The maximum Gasteiger partial charge on any atom is 0.179 e. The lowest BCUT2D eigenvalue weighted by atomic mass is 10.1. The van der Waals surface area contributed by atoms with Crippen molar-refractivity contribution < 1.29 is 9.53 Å². The third-order valence-electron chi connectivity index (χ3n) is 2.66. The average molecular weight is 194 g/mol. The first kappa shape index (κ1) is 9.40. The second kappa shape index (κ2) is 3.53. The van der Waals surface area contributed by atoms with Gasteiger partial charge >= 0.3 is 0 Å². The maximum atomic E-state index is 11.1. The third-order valence-corrected chi connectivity index (χ3v) is 2.66. The second-order valence-electron chi connectivity index (χ2n) is 3.64. The van der Waals surface area contributed by atoms with Gasteiger partial charge in [0.15, 0.2) is 5.78 Å². The summed E-state index contributed by atoms with van der Waals surface area (Å²) in [4.78, 5) is 15.4. The number of carbonyl (C=O) groups is 1. The van der Waals surface area contributed by atoms with E-state index in [1.165, 1.54) is 0 Å². The normalized spacial score (nSPS) is 20.6. The van der Waals surface area contributed by atoms with Gasteiger partial charge < -0.3 is 9.30 Å². The number of ketones is 1. The van der Waals surface area contributed by atoms with Crippen LogP contribution in [-0.4, -0.2) is 28.5 Å². The van der Waals surface area contributed by atoms with E-state index in [2.05, 4.69) is 4.98 Å². The molecule has 2 rings (SSSR count). The SMILES string of the molecule is COC1CCn2cc(C(C)=O)nc2C1. The number of fused-ring (bicyclic) bond motifs is 1. The van der Waals surface area contributed by atoms with Crippen molar-refractivity contribution in [3.8, 4) is 0 Å². The molecule has 1 aliphatic rings. The highest BCUT2D eigenvalue weighted by atomic mass is 16.5. The molecule has 0 aromatic carbocycles. The largest absolute Gasteiger partial charge is 0.381 e. The molecule has 0 aliphatic carbocycles. The number of nitrogens with zero attached hydrogens (tertiary/aromatic N) is 2. The van der Waals surface area contributed by atoms with Crippen molar-refractivity contribution >= 4 is 5.78 Å². The zero-order valence-electron chi connectivity index (χ0n) is 8.49. The van der Waals surface area contributed by atoms with Crippen LogP contribution in [0, 0.1) is 0 Å².